The molecule has 2 aromatic carbocycles. The first-order valence-corrected chi connectivity index (χ1v) is 14.8. The number of nitrogens with one attached hydrogen (secondary N) is 5. The van der Waals surface area contributed by atoms with Gasteiger partial charge in [0.2, 0.25) is 29.5 Å². The zero-order valence-corrected chi connectivity index (χ0v) is 26.1. The van der Waals surface area contributed by atoms with Crippen LogP contribution in [0.25, 0.3) is 0 Å². The van der Waals surface area contributed by atoms with Crippen molar-refractivity contribution >= 4 is 41.1 Å². The molecule has 2 atom stereocenters. The molecule has 10 nitrogen and oxygen atoms in total. The molecule has 0 fully saturated rings. The quantitative estimate of drug-likeness (QED) is 0.188. The van der Waals surface area contributed by atoms with Gasteiger partial charge >= 0.3 is 6.18 Å². The van der Waals surface area contributed by atoms with Gasteiger partial charge in [-0.3, -0.25) is 24.0 Å². The van der Waals surface area contributed by atoms with Crippen LogP contribution in [-0.2, 0) is 43.1 Å². The van der Waals surface area contributed by atoms with Gasteiger partial charge in [-0.2, -0.15) is 13.2 Å². The lowest BCUT2D eigenvalue weighted by Crippen LogP contribution is -2.54. The van der Waals surface area contributed by atoms with Gasteiger partial charge in [-0.15, -0.1) is 11.6 Å². The van der Waals surface area contributed by atoms with Crippen LogP contribution in [0.5, 0.6) is 0 Å². The topological polar surface area (TPSA) is 146 Å². The molecule has 14 heteroatoms. The Morgan fingerprint density at radius 1 is 0.756 bits per heavy atom. The van der Waals surface area contributed by atoms with Crippen LogP contribution in [0.3, 0.4) is 0 Å². The Bertz CT molecular complexity index is 1320. The average Bonchev–Trinajstić information content (AvgIpc) is 2.96. The summed E-state index contributed by atoms with van der Waals surface area (Å²) in [5, 5.41) is 13.0. The van der Waals surface area contributed by atoms with E-state index in [1.807, 2.05) is 0 Å². The minimum Gasteiger partial charge on any atom is -0.355 e. The fourth-order valence-corrected chi connectivity index (χ4v) is 4.25. The van der Waals surface area contributed by atoms with E-state index >= 15 is 0 Å². The first-order chi connectivity index (χ1) is 21.1. The molecule has 246 valence electrons. The predicted octanol–water partition coefficient (Wildman–Crippen LogP) is 2.97. The molecular formula is C31H39ClF3N5O5. The van der Waals surface area contributed by atoms with Gasteiger partial charge in [0.05, 0.1) is 5.56 Å². The van der Waals surface area contributed by atoms with Crippen molar-refractivity contribution in [1.29, 1.82) is 0 Å². The normalized spacial score (nSPS) is 12.8. The molecule has 0 aliphatic carbocycles. The summed E-state index contributed by atoms with van der Waals surface area (Å²) in [6.45, 7) is 5.10. The van der Waals surface area contributed by atoms with Crippen molar-refractivity contribution < 1.29 is 37.1 Å². The number of alkyl halides is 4. The van der Waals surface area contributed by atoms with E-state index in [0.29, 0.717) is 5.56 Å². The SMILES string of the molecule is CC(C)(C)NC(=O)CC[C@H](NC(=O)CCNC(=O)CCl)C(=O)N[C@@H](Cc1ccccc1)C(=O)NCc1cccc(C(F)(F)F)c1. The molecule has 5 amide bonds. The van der Waals surface area contributed by atoms with Gasteiger partial charge < -0.3 is 26.6 Å². The molecule has 0 aliphatic rings. The first-order valence-electron chi connectivity index (χ1n) is 14.3. The second-order valence-electron chi connectivity index (χ2n) is 11.4. The van der Waals surface area contributed by atoms with Crippen LogP contribution in [0.4, 0.5) is 13.2 Å². The van der Waals surface area contributed by atoms with Crippen LogP contribution in [0, 0.1) is 0 Å². The van der Waals surface area contributed by atoms with Gasteiger partial charge in [-0.05, 0) is 50.5 Å². The standard InChI is InChI=1S/C31H39ClF3N5O5/c1-30(2,3)40-26(42)13-12-23(38-25(41)14-15-36-27(43)18-32)29(45)39-24(17-20-8-5-4-6-9-20)28(44)37-19-21-10-7-11-22(16-21)31(33,34)35/h4-11,16,23-24H,12-15,17-19H2,1-3H3,(H,36,43)(H,37,44)(H,38,41)(H,39,45)(H,40,42)/t23-,24-/m0/s1. The molecule has 0 bridgehead atoms. The van der Waals surface area contributed by atoms with Crippen molar-refractivity contribution in [2.24, 2.45) is 0 Å². The number of carbonyl (C=O) groups is 5. The third-order valence-electron chi connectivity index (χ3n) is 6.26. The van der Waals surface area contributed by atoms with Crippen LogP contribution >= 0.6 is 11.6 Å². The maximum absolute atomic E-state index is 13.5. The van der Waals surface area contributed by atoms with E-state index in [9.17, 15) is 37.1 Å². The Morgan fingerprint density at radius 2 is 1.42 bits per heavy atom. The average molecular weight is 654 g/mol. The number of rotatable bonds is 15. The Labute approximate surface area is 265 Å². The molecule has 45 heavy (non-hydrogen) atoms. The summed E-state index contributed by atoms with van der Waals surface area (Å²) < 4.78 is 39.4. The van der Waals surface area contributed by atoms with Crippen molar-refractivity contribution in [2.75, 3.05) is 12.4 Å². The zero-order chi connectivity index (χ0) is 33.6. The van der Waals surface area contributed by atoms with Crippen LogP contribution < -0.4 is 26.6 Å². The maximum Gasteiger partial charge on any atom is 0.416 e. The lowest BCUT2D eigenvalue weighted by Gasteiger charge is -2.24. The fourth-order valence-electron chi connectivity index (χ4n) is 4.16. The fraction of sp³-hybridized carbons (Fsp3) is 0.452. The van der Waals surface area contributed by atoms with Gasteiger partial charge in [0.1, 0.15) is 18.0 Å². The van der Waals surface area contributed by atoms with E-state index in [-0.39, 0.29) is 56.1 Å². The molecule has 0 unspecified atom stereocenters. The molecule has 0 radical (unpaired) electrons. The highest BCUT2D eigenvalue weighted by Gasteiger charge is 2.31. The molecule has 0 saturated heterocycles. The third-order valence-corrected chi connectivity index (χ3v) is 6.50. The first kappa shape index (κ1) is 37.1. The summed E-state index contributed by atoms with van der Waals surface area (Å²) in [5.41, 5.74) is -0.492. The van der Waals surface area contributed by atoms with E-state index in [0.717, 1.165) is 12.1 Å². The molecule has 5 N–H and O–H groups in total. The number of carbonyl (C=O) groups excluding carboxylic acids is 5. The summed E-state index contributed by atoms with van der Waals surface area (Å²) in [6.07, 6.45) is -4.91. The molecule has 2 aromatic rings. The monoisotopic (exact) mass is 653 g/mol. The molecule has 0 spiro atoms. The maximum atomic E-state index is 13.5. The van der Waals surface area contributed by atoms with E-state index in [1.165, 1.54) is 12.1 Å². The molecular weight excluding hydrogens is 615 g/mol. The van der Waals surface area contributed by atoms with Crippen molar-refractivity contribution in [3.05, 3.63) is 71.3 Å². The molecule has 0 aliphatic heterocycles. The highest BCUT2D eigenvalue weighted by Crippen LogP contribution is 2.29. The van der Waals surface area contributed by atoms with Gasteiger partial charge in [0.25, 0.3) is 0 Å². The highest BCUT2D eigenvalue weighted by molar-refractivity contribution is 6.27. The van der Waals surface area contributed by atoms with Crippen molar-refractivity contribution in [1.82, 2.24) is 26.6 Å². The van der Waals surface area contributed by atoms with Crippen LogP contribution in [0.15, 0.2) is 54.6 Å². The van der Waals surface area contributed by atoms with Gasteiger partial charge in [-0.25, -0.2) is 0 Å². The van der Waals surface area contributed by atoms with Crippen LogP contribution in [-0.4, -0.2) is 59.6 Å². The molecule has 2 rings (SSSR count). The van der Waals surface area contributed by atoms with E-state index in [4.69, 9.17) is 11.6 Å². The number of hydrogen-bond acceptors (Lipinski definition) is 5. The minimum atomic E-state index is -4.55. The Hall–Kier alpha value is -4.13. The Kier molecular flexibility index (Phi) is 14.3. The lowest BCUT2D eigenvalue weighted by molar-refractivity contribution is -0.137. The second kappa shape index (κ2) is 17.4. The van der Waals surface area contributed by atoms with Crippen molar-refractivity contribution in [3.8, 4) is 0 Å². The number of amides is 5. The number of hydrogen-bond donors (Lipinski definition) is 5. The number of benzene rings is 2. The largest absolute Gasteiger partial charge is 0.416 e. The smallest absolute Gasteiger partial charge is 0.355 e. The lowest BCUT2D eigenvalue weighted by atomic mass is 10.0. The van der Waals surface area contributed by atoms with E-state index in [1.54, 1.807) is 51.1 Å². The van der Waals surface area contributed by atoms with Crippen LogP contribution in [0.2, 0.25) is 0 Å². The summed E-state index contributed by atoms with van der Waals surface area (Å²) >= 11 is 5.44. The van der Waals surface area contributed by atoms with Crippen molar-refractivity contribution in [2.45, 2.75) is 76.8 Å². The summed E-state index contributed by atoms with van der Waals surface area (Å²) in [6, 6.07) is 10.9. The van der Waals surface area contributed by atoms with Gasteiger partial charge in [-0.1, -0.05) is 42.5 Å². The Morgan fingerprint density at radius 3 is 2.04 bits per heavy atom. The second-order valence-corrected chi connectivity index (χ2v) is 11.6. The highest BCUT2D eigenvalue weighted by atomic mass is 35.5. The van der Waals surface area contributed by atoms with Gasteiger partial charge in [0, 0.05) is 37.9 Å². The van der Waals surface area contributed by atoms with Crippen molar-refractivity contribution in [3.63, 3.8) is 0 Å². The zero-order valence-electron chi connectivity index (χ0n) is 25.4. The summed E-state index contributed by atoms with van der Waals surface area (Å²) in [4.78, 5) is 63.3. The minimum absolute atomic E-state index is 0.0369. The number of halogens is 4. The van der Waals surface area contributed by atoms with E-state index < -0.39 is 53.0 Å². The predicted molar refractivity (Wildman–Crippen MR) is 163 cm³/mol. The summed E-state index contributed by atoms with van der Waals surface area (Å²) in [5.74, 6) is -3.11. The molecule has 0 heterocycles. The Balaban J connectivity index is 2.21. The third kappa shape index (κ3) is 14.5. The van der Waals surface area contributed by atoms with Crippen LogP contribution in [0.1, 0.15) is 56.7 Å². The molecule has 0 aromatic heterocycles. The summed E-state index contributed by atoms with van der Waals surface area (Å²) in [7, 11) is 0. The molecule has 0 saturated carbocycles. The van der Waals surface area contributed by atoms with E-state index in [2.05, 4.69) is 26.6 Å². The van der Waals surface area contributed by atoms with Gasteiger partial charge in [0.15, 0.2) is 0 Å².